The molecular weight excluding hydrogens is 378 g/mol. The third kappa shape index (κ3) is 4.10. The fourth-order valence-corrected chi connectivity index (χ4v) is 3.40. The molecule has 150 valence electrons. The number of hydrogen-bond donors (Lipinski definition) is 1. The van der Waals surface area contributed by atoms with Crippen LogP contribution in [0.25, 0.3) is 10.9 Å². The van der Waals surface area contributed by atoms with Gasteiger partial charge in [0, 0.05) is 28.2 Å². The van der Waals surface area contributed by atoms with Gasteiger partial charge in [0.1, 0.15) is 5.75 Å². The largest absolute Gasteiger partial charge is 0.497 e. The first-order valence-electron chi connectivity index (χ1n) is 9.63. The summed E-state index contributed by atoms with van der Waals surface area (Å²) in [5.74, 6) is -0.0206. The summed E-state index contributed by atoms with van der Waals surface area (Å²) in [4.78, 5) is 29.2. The van der Waals surface area contributed by atoms with E-state index in [0.29, 0.717) is 16.9 Å². The smallest absolute Gasteiger partial charge is 0.311 e. The van der Waals surface area contributed by atoms with Gasteiger partial charge < -0.3 is 14.5 Å². The number of hydrogen-bond acceptors (Lipinski definition) is 4. The molecule has 0 bridgehead atoms. The van der Waals surface area contributed by atoms with Crippen LogP contribution in [0.15, 0.2) is 85.1 Å². The summed E-state index contributed by atoms with van der Waals surface area (Å²) in [5.41, 5.74) is 2.77. The summed E-state index contributed by atoms with van der Waals surface area (Å²) in [5, 5.41) is 0.801. The van der Waals surface area contributed by atoms with E-state index in [1.54, 1.807) is 49.7 Å². The van der Waals surface area contributed by atoms with Crippen molar-refractivity contribution < 1.29 is 19.1 Å². The summed E-state index contributed by atoms with van der Waals surface area (Å²) in [6.45, 7) is 0. The standard InChI is InChI=1S/C25H21NO4/c1-29-19-13-11-17(12-14-19)15-23(27)30-25(18-7-3-2-4-8-18)24(28)21-16-26-22-10-6-5-9-20(21)22/h2-14,16,25-26H,15H2,1H3/t25-/m0/s1. The van der Waals surface area contributed by atoms with Crippen LogP contribution in [0.4, 0.5) is 0 Å². The second-order valence-electron chi connectivity index (χ2n) is 6.92. The van der Waals surface area contributed by atoms with Crippen molar-refractivity contribution in [1.29, 1.82) is 0 Å². The first-order chi connectivity index (χ1) is 14.7. The summed E-state index contributed by atoms with van der Waals surface area (Å²) in [6.07, 6.45) is 0.713. The Kier molecular flexibility index (Phi) is 5.61. The normalized spacial score (nSPS) is 11.8. The van der Waals surface area contributed by atoms with Gasteiger partial charge in [-0.15, -0.1) is 0 Å². The molecule has 30 heavy (non-hydrogen) atoms. The summed E-state index contributed by atoms with van der Waals surface area (Å²) >= 11 is 0. The van der Waals surface area contributed by atoms with Crippen LogP contribution in [-0.4, -0.2) is 23.8 Å². The molecule has 4 aromatic rings. The lowest BCUT2D eigenvalue weighted by Gasteiger charge is -2.17. The third-order valence-corrected chi connectivity index (χ3v) is 4.95. The highest BCUT2D eigenvalue weighted by Crippen LogP contribution is 2.27. The summed E-state index contributed by atoms with van der Waals surface area (Å²) in [6, 6.07) is 23.8. The Labute approximate surface area is 174 Å². The molecule has 4 rings (SSSR count). The number of H-pyrrole nitrogens is 1. The number of rotatable bonds is 7. The number of para-hydroxylation sites is 1. The molecule has 0 unspecified atom stereocenters. The van der Waals surface area contributed by atoms with Gasteiger partial charge in [-0.2, -0.15) is 0 Å². The molecular formula is C25H21NO4. The lowest BCUT2D eigenvalue weighted by Crippen LogP contribution is -2.21. The van der Waals surface area contributed by atoms with Gasteiger partial charge in [-0.05, 0) is 23.8 Å². The average Bonchev–Trinajstić information content (AvgIpc) is 3.22. The quantitative estimate of drug-likeness (QED) is 0.355. The van der Waals surface area contributed by atoms with Crippen LogP contribution < -0.4 is 4.74 Å². The Balaban J connectivity index is 1.60. The van der Waals surface area contributed by atoms with Crippen LogP contribution >= 0.6 is 0 Å². The third-order valence-electron chi connectivity index (χ3n) is 4.95. The number of carbonyl (C=O) groups is 2. The number of ether oxygens (including phenoxy) is 2. The zero-order valence-corrected chi connectivity index (χ0v) is 16.5. The van der Waals surface area contributed by atoms with E-state index in [-0.39, 0.29) is 12.2 Å². The van der Waals surface area contributed by atoms with E-state index in [1.165, 1.54) is 0 Å². The van der Waals surface area contributed by atoms with Gasteiger partial charge in [0.2, 0.25) is 5.78 Å². The fourth-order valence-electron chi connectivity index (χ4n) is 3.40. The van der Waals surface area contributed by atoms with Gasteiger partial charge in [0.05, 0.1) is 13.5 Å². The number of carbonyl (C=O) groups excluding carboxylic acids is 2. The zero-order chi connectivity index (χ0) is 20.9. The second-order valence-corrected chi connectivity index (χ2v) is 6.92. The van der Waals surface area contributed by atoms with E-state index in [2.05, 4.69) is 4.98 Å². The molecule has 0 spiro atoms. The van der Waals surface area contributed by atoms with Gasteiger partial charge in [-0.3, -0.25) is 9.59 Å². The molecule has 0 aliphatic rings. The van der Waals surface area contributed by atoms with Gasteiger partial charge in [0.25, 0.3) is 0 Å². The number of Topliss-reactive ketones (excluding diaryl/α,β-unsaturated/α-hetero) is 1. The van der Waals surface area contributed by atoms with Crippen molar-refractivity contribution in [3.05, 3.63) is 102 Å². The zero-order valence-electron chi connectivity index (χ0n) is 16.5. The van der Waals surface area contributed by atoms with E-state index < -0.39 is 12.1 Å². The van der Waals surface area contributed by atoms with E-state index >= 15 is 0 Å². The first-order valence-corrected chi connectivity index (χ1v) is 9.63. The Morgan fingerprint density at radius 1 is 0.900 bits per heavy atom. The van der Waals surface area contributed by atoms with Crippen LogP contribution in [0.5, 0.6) is 5.75 Å². The molecule has 0 radical (unpaired) electrons. The first kappa shape index (κ1) is 19.5. The maximum Gasteiger partial charge on any atom is 0.311 e. The Morgan fingerprint density at radius 3 is 2.33 bits per heavy atom. The van der Waals surface area contributed by atoms with Crippen molar-refractivity contribution in [1.82, 2.24) is 4.98 Å². The predicted molar refractivity (Wildman–Crippen MR) is 115 cm³/mol. The molecule has 1 heterocycles. The molecule has 0 saturated heterocycles. The lowest BCUT2D eigenvalue weighted by atomic mass is 9.99. The molecule has 1 atom stereocenters. The Hall–Kier alpha value is -3.86. The summed E-state index contributed by atoms with van der Waals surface area (Å²) < 4.78 is 10.8. The van der Waals surface area contributed by atoms with Crippen molar-refractivity contribution in [2.24, 2.45) is 0 Å². The number of methoxy groups -OCH3 is 1. The number of aromatic amines is 1. The molecule has 0 fully saturated rings. The van der Waals surface area contributed by atoms with E-state index in [1.807, 2.05) is 42.5 Å². The molecule has 0 aliphatic heterocycles. The average molecular weight is 399 g/mol. The van der Waals surface area contributed by atoms with E-state index in [9.17, 15) is 9.59 Å². The van der Waals surface area contributed by atoms with Crippen molar-refractivity contribution in [2.45, 2.75) is 12.5 Å². The lowest BCUT2D eigenvalue weighted by molar-refractivity contribution is -0.146. The molecule has 0 saturated carbocycles. The monoisotopic (exact) mass is 399 g/mol. The predicted octanol–water partition coefficient (Wildman–Crippen LogP) is 4.89. The number of nitrogens with one attached hydrogen (secondary N) is 1. The molecule has 5 heteroatoms. The second kappa shape index (κ2) is 8.66. The molecule has 0 amide bonds. The van der Waals surface area contributed by atoms with Crippen molar-refractivity contribution >= 4 is 22.7 Å². The van der Waals surface area contributed by atoms with Crippen LogP contribution in [0, 0.1) is 0 Å². The SMILES string of the molecule is COc1ccc(CC(=O)O[C@H](C(=O)c2c[nH]c3ccccc23)c2ccccc2)cc1. The fraction of sp³-hybridized carbons (Fsp3) is 0.120. The number of fused-ring (bicyclic) bond motifs is 1. The van der Waals surface area contributed by atoms with E-state index in [4.69, 9.17) is 9.47 Å². The van der Waals surface area contributed by atoms with Gasteiger partial charge in [-0.1, -0.05) is 60.7 Å². The van der Waals surface area contributed by atoms with Crippen molar-refractivity contribution in [3.8, 4) is 5.75 Å². The van der Waals surface area contributed by atoms with Crippen LogP contribution in [-0.2, 0) is 16.0 Å². The Morgan fingerprint density at radius 2 is 1.60 bits per heavy atom. The molecule has 0 aliphatic carbocycles. The number of aromatic nitrogens is 1. The molecule has 1 aromatic heterocycles. The number of benzene rings is 3. The maximum absolute atomic E-state index is 13.4. The minimum absolute atomic E-state index is 0.0640. The van der Waals surface area contributed by atoms with Crippen molar-refractivity contribution in [3.63, 3.8) is 0 Å². The number of esters is 1. The van der Waals surface area contributed by atoms with Crippen LogP contribution in [0.3, 0.4) is 0 Å². The minimum Gasteiger partial charge on any atom is -0.497 e. The van der Waals surface area contributed by atoms with Crippen LogP contribution in [0.2, 0.25) is 0 Å². The highest BCUT2D eigenvalue weighted by Gasteiger charge is 2.28. The Bertz CT molecular complexity index is 1160. The molecule has 5 nitrogen and oxygen atoms in total. The molecule has 3 aromatic carbocycles. The van der Waals surface area contributed by atoms with Crippen LogP contribution in [0.1, 0.15) is 27.6 Å². The van der Waals surface area contributed by atoms with Gasteiger partial charge >= 0.3 is 5.97 Å². The minimum atomic E-state index is -1.02. The topological polar surface area (TPSA) is 68.4 Å². The van der Waals surface area contributed by atoms with Gasteiger partial charge in [-0.25, -0.2) is 0 Å². The van der Waals surface area contributed by atoms with Gasteiger partial charge in [0.15, 0.2) is 6.10 Å². The molecule has 1 N–H and O–H groups in total. The van der Waals surface area contributed by atoms with E-state index in [0.717, 1.165) is 16.5 Å². The maximum atomic E-state index is 13.4. The number of ketones is 1. The summed E-state index contributed by atoms with van der Waals surface area (Å²) in [7, 11) is 1.59. The highest BCUT2D eigenvalue weighted by molar-refractivity contribution is 6.10. The van der Waals surface area contributed by atoms with Crippen molar-refractivity contribution in [2.75, 3.05) is 7.11 Å². The highest BCUT2D eigenvalue weighted by atomic mass is 16.5.